The number of rotatable bonds is 4. The first-order valence-electron chi connectivity index (χ1n) is 9.84. The summed E-state index contributed by atoms with van der Waals surface area (Å²) in [7, 11) is 0. The van der Waals surface area contributed by atoms with Gasteiger partial charge in [-0.1, -0.05) is 24.6 Å². The fraction of sp³-hybridized carbons (Fsp3) is 0.261. The molecule has 0 bridgehead atoms. The van der Waals surface area contributed by atoms with Gasteiger partial charge in [0.2, 0.25) is 5.91 Å². The second-order valence-electron chi connectivity index (χ2n) is 7.32. The highest BCUT2D eigenvalue weighted by Crippen LogP contribution is 2.30. The molecule has 0 atom stereocenters. The van der Waals surface area contributed by atoms with Crippen LogP contribution < -0.4 is 10.2 Å². The van der Waals surface area contributed by atoms with Gasteiger partial charge in [0, 0.05) is 24.8 Å². The number of carbonyl (C=O) groups excluding carboxylic acids is 2. The summed E-state index contributed by atoms with van der Waals surface area (Å²) in [6.07, 6.45) is 3.11. The predicted octanol–water partition coefficient (Wildman–Crippen LogP) is 3.90. The van der Waals surface area contributed by atoms with E-state index < -0.39 is 0 Å². The Labute approximate surface area is 170 Å². The van der Waals surface area contributed by atoms with E-state index >= 15 is 0 Å². The van der Waals surface area contributed by atoms with Gasteiger partial charge in [-0.25, -0.2) is 4.68 Å². The van der Waals surface area contributed by atoms with Gasteiger partial charge in [0.1, 0.15) is 0 Å². The number of benzene rings is 2. The van der Waals surface area contributed by atoms with Crippen molar-refractivity contribution < 1.29 is 9.59 Å². The standard InChI is InChI=1S/C23H24N4O2/c1-4-21-20(14-24-27(21)19-8-5-15(2)6-9-19)23(29)25-18-7-10-22-17(13-18)11-12-26(22)16(3)28/h5-10,13-14H,4,11-12H2,1-3H3,(H,25,29). The Hall–Kier alpha value is -3.41. The number of nitrogens with zero attached hydrogens (tertiary/aromatic N) is 3. The molecule has 2 amide bonds. The second kappa shape index (κ2) is 7.54. The molecule has 6 heteroatoms. The first-order chi connectivity index (χ1) is 14.0. The number of anilines is 2. The Bertz CT molecular complexity index is 1080. The van der Waals surface area contributed by atoms with E-state index in [9.17, 15) is 9.59 Å². The fourth-order valence-corrected chi connectivity index (χ4v) is 3.82. The minimum Gasteiger partial charge on any atom is -0.322 e. The van der Waals surface area contributed by atoms with Crippen molar-refractivity contribution in [2.24, 2.45) is 0 Å². The van der Waals surface area contributed by atoms with E-state index in [1.165, 1.54) is 5.56 Å². The number of carbonyl (C=O) groups is 2. The average Bonchev–Trinajstić information content (AvgIpc) is 3.32. The number of hydrogen-bond donors (Lipinski definition) is 1. The van der Waals surface area contributed by atoms with Gasteiger partial charge in [-0.3, -0.25) is 9.59 Å². The molecule has 148 valence electrons. The first kappa shape index (κ1) is 18.9. The summed E-state index contributed by atoms with van der Waals surface area (Å²) in [4.78, 5) is 26.4. The maximum absolute atomic E-state index is 12.9. The number of fused-ring (bicyclic) bond motifs is 1. The van der Waals surface area contributed by atoms with Crippen molar-refractivity contribution in [2.45, 2.75) is 33.6 Å². The second-order valence-corrected chi connectivity index (χ2v) is 7.32. The van der Waals surface area contributed by atoms with E-state index in [1.54, 1.807) is 18.0 Å². The van der Waals surface area contributed by atoms with Crippen molar-refractivity contribution >= 4 is 23.2 Å². The minimum absolute atomic E-state index is 0.0386. The van der Waals surface area contributed by atoms with Gasteiger partial charge < -0.3 is 10.2 Å². The van der Waals surface area contributed by atoms with E-state index in [-0.39, 0.29) is 11.8 Å². The van der Waals surface area contributed by atoms with Gasteiger partial charge >= 0.3 is 0 Å². The molecule has 3 aromatic rings. The van der Waals surface area contributed by atoms with Crippen LogP contribution in [0.2, 0.25) is 0 Å². The normalized spacial score (nSPS) is 12.7. The molecule has 0 fully saturated rings. The highest BCUT2D eigenvalue weighted by atomic mass is 16.2. The average molecular weight is 388 g/mol. The Balaban J connectivity index is 1.58. The molecule has 4 rings (SSSR count). The van der Waals surface area contributed by atoms with Crippen LogP contribution in [0, 0.1) is 6.92 Å². The summed E-state index contributed by atoms with van der Waals surface area (Å²) in [5.74, 6) is -0.141. The molecule has 2 heterocycles. The van der Waals surface area contributed by atoms with Crippen molar-refractivity contribution in [3.63, 3.8) is 0 Å². The molecule has 0 unspecified atom stereocenters. The molecule has 0 aliphatic carbocycles. The Morgan fingerprint density at radius 3 is 2.59 bits per heavy atom. The quantitative estimate of drug-likeness (QED) is 0.737. The minimum atomic E-state index is -0.179. The van der Waals surface area contributed by atoms with Gasteiger partial charge in [0.25, 0.3) is 5.91 Å². The third-order valence-electron chi connectivity index (χ3n) is 5.34. The third-order valence-corrected chi connectivity index (χ3v) is 5.34. The van der Waals surface area contributed by atoms with Crippen molar-refractivity contribution in [2.75, 3.05) is 16.8 Å². The van der Waals surface area contributed by atoms with Gasteiger partial charge in [0.05, 0.1) is 23.1 Å². The lowest BCUT2D eigenvalue weighted by Crippen LogP contribution is -2.25. The Morgan fingerprint density at radius 1 is 1.14 bits per heavy atom. The molecule has 6 nitrogen and oxygen atoms in total. The van der Waals surface area contributed by atoms with Crippen LogP contribution >= 0.6 is 0 Å². The van der Waals surface area contributed by atoms with Crippen molar-refractivity contribution in [3.05, 3.63) is 71.0 Å². The highest BCUT2D eigenvalue weighted by molar-refractivity contribution is 6.05. The van der Waals surface area contributed by atoms with Crippen LogP contribution in [0.15, 0.2) is 48.7 Å². The number of aromatic nitrogens is 2. The monoisotopic (exact) mass is 388 g/mol. The molecule has 1 aromatic heterocycles. The van der Waals surface area contributed by atoms with Crippen LogP contribution in [-0.4, -0.2) is 28.1 Å². The zero-order valence-corrected chi connectivity index (χ0v) is 16.9. The lowest BCUT2D eigenvalue weighted by Gasteiger charge is -2.15. The first-order valence-corrected chi connectivity index (χ1v) is 9.84. The number of amides is 2. The maximum atomic E-state index is 12.9. The predicted molar refractivity (Wildman–Crippen MR) is 114 cm³/mol. The molecule has 1 aliphatic rings. The van der Waals surface area contributed by atoms with Crippen molar-refractivity contribution in [3.8, 4) is 5.69 Å². The summed E-state index contributed by atoms with van der Waals surface area (Å²) in [5.41, 5.74) is 6.28. The summed E-state index contributed by atoms with van der Waals surface area (Å²) >= 11 is 0. The number of hydrogen-bond acceptors (Lipinski definition) is 3. The third kappa shape index (κ3) is 3.53. The zero-order valence-electron chi connectivity index (χ0n) is 16.9. The summed E-state index contributed by atoms with van der Waals surface area (Å²) < 4.78 is 1.82. The Morgan fingerprint density at radius 2 is 1.90 bits per heavy atom. The molecule has 2 aromatic carbocycles. The molecule has 0 spiro atoms. The van der Waals surface area contributed by atoms with Gasteiger partial charge in [-0.05, 0) is 55.7 Å². The molecular formula is C23H24N4O2. The van der Waals surface area contributed by atoms with E-state index in [0.29, 0.717) is 18.5 Å². The van der Waals surface area contributed by atoms with Gasteiger partial charge in [-0.15, -0.1) is 0 Å². The molecule has 0 radical (unpaired) electrons. The Kier molecular flexibility index (Phi) is 4.92. The van der Waals surface area contributed by atoms with Crippen molar-refractivity contribution in [1.82, 2.24) is 9.78 Å². The largest absolute Gasteiger partial charge is 0.322 e. The lowest BCUT2D eigenvalue weighted by molar-refractivity contribution is -0.116. The maximum Gasteiger partial charge on any atom is 0.259 e. The van der Waals surface area contributed by atoms with Crippen LogP contribution in [0.5, 0.6) is 0 Å². The van der Waals surface area contributed by atoms with Gasteiger partial charge in [-0.2, -0.15) is 5.10 Å². The van der Waals surface area contributed by atoms with Crippen LogP contribution in [0.4, 0.5) is 11.4 Å². The van der Waals surface area contributed by atoms with Crippen LogP contribution in [0.1, 0.15) is 41.0 Å². The summed E-state index contributed by atoms with van der Waals surface area (Å²) in [5, 5.41) is 7.43. The zero-order chi connectivity index (χ0) is 20.5. The molecule has 1 aliphatic heterocycles. The molecule has 29 heavy (non-hydrogen) atoms. The number of aryl methyl sites for hydroxylation is 1. The van der Waals surface area contributed by atoms with E-state index in [0.717, 1.165) is 34.7 Å². The lowest BCUT2D eigenvalue weighted by atomic mass is 10.1. The smallest absolute Gasteiger partial charge is 0.259 e. The van der Waals surface area contributed by atoms with E-state index in [4.69, 9.17) is 0 Å². The molecule has 1 N–H and O–H groups in total. The van der Waals surface area contributed by atoms with E-state index in [2.05, 4.69) is 10.4 Å². The van der Waals surface area contributed by atoms with Crippen LogP contribution in [-0.2, 0) is 17.6 Å². The molecule has 0 saturated carbocycles. The van der Waals surface area contributed by atoms with Crippen LogP contribution in [0.3, 0.4) is 0 Å². The van der Waals surface area contributed by atoms with Gasteiger partial charge in [0.15, 0.2) is 0 Å². The van der Waals surface area contributed by atoms with E-state index in [1.807, 2.05) is 61.0 Å². The molecular weight excluding hydrogens is 364 g/mol. The summed E-state index contributed by atoms with van der Waals surface area (Å²) in [6, 6.07) is 13.8. The highest BCUT2D eigenvalue weighted by Gasteiger charge is 2.23. The topological polar surface area (TPSA) is 67.2 Å². The fourth-order valence-electron chi connectivity index (χ4n) is 3.82. The molecule has 0 saturated heterocycles. The summed E-state index contributed by atoms with van der Waals surface area (Å²) in [6.45, 7) is 6.32. The van der Waals surface area contributed by atoms with Crippen molar-refractivity contribution in [1.29, 1.82) is 0 Å². The SMILES string of the molecule is CCc1c(C(=O)Nc2ccc3c(c2)CCN3C(C)=O)cnn1-c1ccc(C)cc1. The van der Waals surface area contributed by atoms with Crippen LogP contribution in [0.25, 0.3) is 5.69 Å². The number of nitrogens with one attached hydrogen (secondary N) is 1.